The van der Waals surface area contributed by atoms with Crippen molar-refractivity contribution in [3.05, 3.63) is 0 Å². The Kier molecular flexibility index (Phi) is 4.85. The Hall–Kier alpha value is -0.660. The highest BCUT2D eigenvalue weighted by atomic mass is 16.1. The van der Waals surface area contributed by atoms with E-state index in [1.807, 2.05) is 6.92 Å². The van der Waals surface area contributed by atoms with E-state index in [2.05, 4.69) is 0 Å². The van der Waals surface area contributed by atoms with Crippen LogP contribution in [0.15, 0.2) is 0 Å². The molecular weight excluding hydrogens is 174 g/mol. The van der Waals surface area contributed by atoms with Crippen molar-refractivity contribution in [2.45, 2.75) is 58.3 Å². The van der Waals surface area contributed by atoms with Crippen LogP contribution in [0.2, 0.25) is 0 Å². The summed E-state index contributed by atoms with van der Waals surface area (Å²) in [5, 5.41) is 7.46. The molecule has 0 bridgehead atoms. The fourth-order valence-electron chi connectivity index (χ4n) is 2.15. The van der Waals surface area contributed by atoms with Crippen molar-refractivity contribution in [3.63, 3.8) is 0 Å². The van der Waals surface area contributed by atoms with Crippen LogP contribution in [0, 0.1) is 11.3 Å². The van der Waals surface area contributed by atoms with Gasteiger partial charge in [0.1, 0.15) is 5.78 Å². The lowest BCUT2D eigenvalue weighted by atomic mass is 9.85. The van der Waals surface area contributed by atoms with Gasteiger partial charge in [-0.05, 0) is 12.3 Å². The molecule has 0 aromatic carbocycles. The smallest absolute Gasteiger partial charge is 0.138 e. The Morgan fingerprint density at radius 1 is 1.29 bits per heavy atom. The second-order valence-electron chi connectivity index (χ2n) is 4.38. The molecule has 14 heavy (non-hydrogen) atoms. The van der Waals surface area contributed by atoms with E-state index in [0.29, 0.717) is 18.1 Å². The molecule has 1 saturated carbocycles. The molecule has 0 saturated heterocycles. The minimum Gasteiger partial charge on any atom is -0.309 e. The molecule has 0 radical (unpaired) electrons. The van der Waals surface area contributed by atoms with Crippen LogP contribution in [0.3, 0.4) is 0 Å². The number of Topliss-reactive ketones (excluding diaryl/α,β-unsaturated/α-hetero) is 1. The molecule has 2 heteroatoms. The number of carbonyl (C=O) groups is 1. The van der Waals surface area contributed by atoms with Gasteiger partial charge >= 0.3 is 0 Å². The fourth-order valence-corrected chi connectivity index (χ4v) is 2.15. The third-order valence-electron chi connectivity index (χ3n) is 3.08. The zero-order valence-electron chi connectivity index (χ0n) is 9.14. The topological polar surface area (TPSA) is 40.9 Å². The molecule has 0 aromatic rings. The van der Waals surface area contributed by atoms with Gasteiger partial charge in [-0.25, -0.2) is 0 Å². The summed E-state index contributed by atoms with van der Waals surface area (Å²) in [6.07, 6.45) is 8.23. The first-order valence-electron chi connectivity index (χ1n) is 5.80. The van der Waals surface area contributed by atoms with E-state index in [1.54, 1.807) is 0 Å². The molecule has 0 amide bonds. The summed E-state index contributed by atoms with van der Waals surface area (Å²) in [6.45, 7) is 1.94. The summed E-state index contributed by atoms with van der Waals surface area (Å²) < 4.78 is 0. The van der Waals surface area contributed by atoms with Crippen molar-refractivity contribution >= 4 is 11.5 Å². The zero-order valence-corrected chi connectivity index (χ0v) is 9.14. The summed E-state index contributed by atoms with van der Waals surface area (Å²) in [4.78, 5) is 11.5. The van der Waals surface area contributed by atoms with Crippen molar-refractivity contribution in [3.8, 4) is 0 Å². The first-order chi connectivity index (χ1) is 6.72. The van der Waals surface area contributed by atoms with Gasteiger partial charge in [0.05, 0.1) is 0 Å². The van der Waals surface area contributed by atoms with E-state index in [-0.39, 0.29) is 5.78 Å². The number of nitrogens with one attached hydrogen (secondary N) is 1. The van der Waals surface area contributed by atoms with Gasteiger partial charge < -0.3 is 5.41 Å². The highest BCUT2D eigenvalue weighted by molar-refractivity contribution is 6.00. The van der Waals surface area contributed by atoms with Crippen molar-refractivity contribution in [2.75, 3.05) is 0 Å². The van der Waals surface area contributed by atoms with Gasteiger partial charge in [-0.1, -0.05) is 39.0 Å². The lowest BCUT2D eigenvalue weighted by Gasteiger charge is -2.20. The third kappa shape index (κ3) is 4.03. The van der Waals surface area contributed by atoms with Gasteiger partial charge in [0.15, 0.2) is 0 Å². The Balaban J connectivity index is 2.21. The molecule has 80 valence electrons. The Bertz CT molecular complexity index is 204. The molecule has 1 aliphatic rings. The van der Waals surface area contributed by atoms with Crippen LogP contribution in [0.4, 0.5) is 0 Å². The summed E-state index contributed by atoms with van der Waals surface area (Å²) in [7, 11) is 0. The molecule has 0 aromatic heterocycles. The molecule has 2 nitrogen and oxygen atoms in total. The van der Waals surface area contributed by atoms with Gasteiger partial charge in [-0.3, -0.25) is 4.79 Å². The van der Waals surface area contributed by atoms with Crippen molar-refractivity contribution in [1.29, 1.82) is 5.41 Å². The summed E-state index contributed by atoms with van der Waals surface area (Å²) in [5.74, 6) is 0.907. The van der Waals surface area contributed by atoms with E-state index < -0.39 is 0 Å². The van der Waals surface area contributed by atoms with E-state index in [0.717, 1.165) is 12.8 Å². The molecule has 0 aliphatic heterocycles. The van der Waals surface area contributed by atoms with Gasteiger partial charge in [0, 0.05) is 18.6 Å². The molecular formula is C12H21NO. The largest absolute Gasteiger partial charge is 0.309 e. The average molecular weight is 195 g/mol. The number of ketones is 1. The molecule has 1 fully saturated rings. The molecule has 0 unspecified atom stereocenters. The average Bonchev–Trinajstić information content (AvgIpc) is 2.19. The molecule has 0 spiro atoms. The third-order valence-corrected chi connectivity index (χ3v) is 3.08. The number of hydrogen-bond donors (Lipinski definition) is 1. The minimum absolute atomic E-state index is 0.281. The minimum atomic E-state index is 0.281. The van der Waals surface area contributed by atoms with Crippen molar-refractivity contribution in [1.82, 2.24) is 0 Å². The van der Waals surface area contributed by atoms with Crippen LogP contribution in [0.5, 0.6) is 0 Å². The normalized spacial score (nSPS) is 18.1. The number of rotatable bonds is 5. The van der Waals surface area contributed by atoms with Crippen LogP contribution in [-0.4, -0.2) is 11.5 Å². The Morgan fingerprint density at radius 3 is 2.50 bits per heavy atom. The monoisotopic (exact) mass is 195 g/mol. The maximum Gasteiger partial charge on any atom is 0.138 e. The van der Waals surface area contributed by atoms with Gasteiger partial charge in [-0.15, -0.1) is 0 Å². The highest BCUT2D eigenvalue weighted by Gasteiger charge is 2.17. The SMILES string of the molecule is CCC(=N)CC(=O)CC1CCCCC1. The molecule has 0 heterocycles. The van der Waals surface area contributed by atoms with Gasteiger partial charge in [0.2, 0.25) is 0 Å². The molecule has 1 aliphatic carbocycles. The molecule has 1 N–H and O–H groups in total. The predicted octanol–water partition coefficient (Wildman–Crippen LogP) is 3.35. The first kappa shape index (κ1) is 11.4. The summed E-state index contributed by atoms with van der Waals surface area (Å²) >= 11 is 0. The quantitative estimate of drug-likeness (QED) is 0.671. The maximum atomic E-state index is 11.5. The number of hydrogen-bond acceptors (Lipinski definition) is 2. The van der Waals surface area contributed by atoms with Crippen LogP contribution >= 0.6 is 0 Å². The summed E-state index contributed by atoms with van der Waals surface area (Å²) in [6, 6.07) is 0. The van der Waals surface area contributed by atoms with Crippen molar-refractivity contribution < 1.29 is 4.79 Å². The highest BCUT2D eigenvalue weighted by Crippen LogP contribution is 2.26. The van der Waals surface area contributed by atoms with E-state index in [1.165, 1.54) is 32.1 Å². The standard InChI is InChI=1S/C12H21NO/c1-2-11(13)9-12(14)8-10-6-4-3-5-7-10/h10,13H,2-9H2,1H3. The van der Waals surface area contributed by atoms with Crippen LogP contribution < -0.4 is 0 Å². The lowest BCUT2D eigenvalue weighted by Crippen LogP contribution is -2.14. The Morgan fingerprint density at radius 2 is 1.93 bits per heavy atom. The maximum absolute atomic E-state index is 11.5. The van der Waals surface area contributed by atoms with Crippen LogP contribution in [0.25, 0.3) is 0 Å². The summed E-state index contributed by atoms with van der Waals surface area (Å²) in [5.41, 5.74) is 0.589. The molecule has 1 rings (SSSR count). The van der Waals surface area contributed by atoms with E-state index >= 15 is 0 Å². The number of carbonyl (C=O) groups excluding carboxylic acids is 1. The van der Waals surface area contributed by atoms with Crippen molar-refractivity contribution in [2.24, 2.45) is 5.92 Å². The second-order valence-corrected chi connectivity index (χ2v) is 4.38. The van der Waals surface area contributed by atoms with E-state index in [4.69, 9.17) is 5.41 Å². The molecule has 0 atom stereocenters. The van der Waals surface area contributed by atoms with Gasteiger partial charge in [0.25, 0.3) is 0 Å². The Labute approximate surface area is 86.6 Å². The van der Waals surface area contributed by atoms with E-state index in [9.17, 15) is 4.79 Å². The first-order valence-corrected chi connectivity index (χ1v) is 5.80. The second kappa shape index (κ2) is 5.94. The predicted molar refractivity (Wildman–Crippen MR) is 58.8 cm³/mol. The van der Waals surface area contributed by atoms with Crippen LogP contribution in [0.1, 0.15) is 58.3 Å². The zero-order chi connectivity index (χ0) is 10.4. The van der Waals surface area contributed by atoms with Gasteiger partial charge in [-0.2, -0.15) is 0 Å². The lowest BCUT2D eigenvalue weighted by molar-refractivity contribution is -0.119. The van der Waals surface area contributed by atoms with Crippen LogP contribution in [-0.2, 0) is 4.79 Å². The fraction of sp³-hybridized carbons (Fsp3) is 0.833.